The van der Waals surface area contributed by atoms with Crippen molar-refractivity contribution >= 4 is 33.9 Å². The van der Waals surface area contributed by atoms with Gasteiger partial charge < -0.3 is 20.3 Å². The molecule has 3 heterocycles. The Morgan fingerprint density at radius 1 is 0.912 bits per heavy atom. The van der Waals surface area contributed by atoms with Gasteiger partial charge in [-0.2, -0.15) is 0 Å². The highest BCUT2D eigenvalue weighted by atomic mass is 32.1. The lowest BCUT2D eigenvalue weighted by molar-refractivity contribution is 0.262. The molecule has 1 fully saturated rings. The molecule has 5 rings (SSSR count). The van der Waals surface area contributed by atoms with Crippen molar-refractivity contribution < 1.29 is 18.3 Å². The molecule has 8 nitrogen and oxygen atoms in total. The summed E-state index contributed by atoms with van der Waals surface area (Å²) < 4.78 is 31.9. The Labute approximate surface area is 197 Å². The van der Waals surface area contributed by atoms with Crippen LogP contribution in [-0.4, -0.2) is 34.1 Å². The van der Waals surface area contributed by atoms with Gasteiger partial charge in [0.25, 0.3) is 0 Å². The van der Waals surface area contributed by atoms with Crippen molar-refractivity contribution in [3.63, 3.8) is 0 Å². The number of rotatable bonds is 6. The Kier molecular flexibility index (Phi) is 6.00. The second kappa shape index (κ2) is 9.40. The molecular weight excluding hydrogens is 462 g/mol. The Hall–Kier alpha value is -4.12. The van der Waals surface area contributed by atoms with Gasteiger partial charge in [-0.15, -0.1) is 0 Å². The predicted molar refractivity (Wildman–Crippen MR) is 125 cm³/mol. The summed E-state index contributed by atoms with van der Waals surface area (Å²) in [6.07, 6.45) is 5.84. The zero-order valence-electron chi connectivity index (χ0n) is 17.7. The minimum Gasteiger partial charge on any atom is -0.424 e. The Balaban J connectivity index is 1.16. The first-order valence-corrected chi connectivity index (χ1v) is 11.2. The lowest BCUT2D eigenvalue weighted by Gasteiger charge is -2.30. The average Bonchev–Trinajstić information content (AvgIpc) is 3.26. The first-order chi connectivity index (χ1) is 16.5. The normalized spacial score (nSPS) is 12.7. The number of benzene rings is 2. The third-order valence-corrected chi connectivity index (χ3v) is 6.14. The molecule has 2 aromatic heterocycles. The lowest BCUT2D eigenvalue weighted by atomic mass is 10.2. The first-order valence-electron chi connectivity index (χ1n) is 10.4. The van der Waals surface area contributed by atoms with Gasteiger partial charge >= 0.3 is 12.0 Å². The molecule has 0 radical (unpaired) electrons. The standard InChI is InChI=1S/C23H18F2N6O2S/c24-18-7-4-15(10-19(18)25)29-21(32)30-16-11-26-22(27-12-16)33-17-5-2-14(3-6-17)20-13-28-23(34-20)31-8-1-9-31/h2-7,10-13H,1,8-9H2,(H2,29,30,32). The van der Waals surface area contributed by atoms with Gasteiger partial charge in [0.15, 0.2) is 16.8 Å². The van der Waals surface area contributed by atoms with E-state index in [0.29, 0.717) is 11.4 Å². The maximum absolute atomic E-state index is 13.2. The number of carbonyl (C=O) groups is 1. The quantitative estimate of drug-likeness (QED) is 0.377. The van der Waals surface area contributed by atoms with Crippen molar-refractivity contribution in [1.82, 2.24) is 15.0 Å². The van der Waals surface area contributed by atoms with Gasteiger partial charge in [-0.3, -0.25) is 0 Å². The van der Waals surface area contributed by atoms with Crippen LogP contribution in [0.15, 0.2) is 61.1 Å². The number of thiazole rings is 1. The first kappa shape index (κ1) is 21.7. The van der Waals surface area contributed by atoms with E-state index in [1.165, 1.54) is 24.9 Å². The minimum atomic E-state index is -1.06. The molecule has 2 aromatic carbocycles. The maximum atomic E-state index is 13.2. The van der Waals surface area contributed by atoms with E-state index in [-0.39, 0.29) is 11.7 Å². The molecular formula is C23H18F2N6O2S. The number of urea groups is 1. The van der Waals surface area contributed by atoms with Gasteiger partial charge in [-0.05, 0) is 48.4 Å². The summed E-state index contributed by atoms with van der Waals surface area (Å²) in [5.74, 6) is -1.49. The number of carbonyl (C=O) groups excluding carboxylic acids is 1. The van der Waals surface area contributed by atoms with Crippen LogP contribution in [0.2, 0.25) is 0 Å². The Bertz CT molecular complexity index is 1310. The third-order valence-electron chi connectivity index (χ3n) is 5.03. The van der Waals surface area contributed by atoms with Crippen molar-refractivity contribution in [1.29, 1.82) is 0 Å². The molecule has 4 aromatic rings. The van der Waals surface area contributed by atoms with Crippen molar-refractivity contribution in [3.8, 4) is 22.2 Å². The van der Waals surface area contributed by atoms with Gasteiger partial charge in [0.1, 0.15) is 5.75 Å². The summed E-state index contributed by atoms with van der Waals surface area (Å²) in [6.45, 7) is 2.12. The summed E-state index contributed by atoms with van der Waals surface area (Å²) in [5, 5.41) is 5.94. The lowest BCUT2D eigenvalue weighted by Crippen LogP contribution is -2.36. The van der Waals surface area contributed by atoms with E-state index in [1.807, 2.05) is 30.5 Å². The van der Waals surface area contributed by atoms with E-state index in [2.05, 4.69) is 30.5 Å². The van der Waals surface area contributed by atoms with Crippen LogP contribution in [-0.2, 0) is 0 Å². The fourth-order valence-corrected chi connectivity index (χ4v) is 4.12. The monoisotopic (exact) mass is 480 g/mol. The number of nitrogens with zero attached hydrogens (tertiary/aromatic N) is 4. The fraction of sp³-hybridized carbons (Fsp3) is 0.130. The number of aromatic nitrogens is 3. The van der Waals surface area contributed by atoms with Crippen molar-refractivity contribution in [2.24, 2.45) is 0 Å². The molecule has 34 heavy (non-hydrogen) atoms. The molecule has 0 spiro atoms. The Morgan fingerprint density at radius 3 is 2.32 bits per heavy atom. The number of ether oxygens (including phenoxy) is 1. The molecule has 0 bridgehead atoms. The maximum Gasteiger partial charge on any atom is 0.323 e. The van der Waals surface area contributed by atoms with Crippen LogP contribution in [0.25, 0.3) is 10.4 Å². The van der Waals surface area contributed by atoms with E-state index in [1.54, 1.807) is 11.3 Å². The van der Waals surface area contributed by atoms with Crippen LogP contribution >= 0.6 is 11.3 Å². The van der Waals surface area contributed by atoms with Crippen LogP contribution in [0.5, 0.6) is 11.8 Å². The van der Waals surface area contributed by atoms with E-state index in [4.69, 9.17) is 4.74 Å². The van der Waals surface area contributed by atoms with Gasteiger partial charge in [0.05, 0.1) is 23.0 Å². The van der Waals surface area contributed by atoms with Crippen molar-refractivity contribution in [2.45, 2.75) is 6.42 Å². The number of hydrogen-bond acceptors (Lipinski definition) is 7. The van der Waals surface area contributed by atoms with Gasteiger partial charge in [0, 0.05) is 31.0 Å². The molecule has 0 saturated carbocycles. The second-order valence-corrected chi connectivity index (χ2v) is 8.45. The summed E-state index contributed by atoms with van der Waals surface area (Å²) in [5.41, 5.74) is 1.45. The number of hydrogen-bond donors (Lipinski definition) is 2. The number of anilines is 3. The second-order valence-electron chi connectivity index (χ2n) is 7.44. The molecule has 11 heteroatoms. The summed E-state index contributed by atoms with van der Waals surface area (Å²) in [7, 11) is 0. The van der Waals surface area contributed by atoms with Crippen molar-refractivity contribution in [3.05, 3.63) is 72.7 Å². The topological polar surface area (TPSA) is 92.3 Å². The van der Waals surface area contributed by atoms with Gasteiger partial charge in [0.2, 0.25) is 0 Å². The molecule has 0 aliphatic carbocycles. The van der Waals surface area contributed by atoms with Crippen LogP contribution < -0.4 is 20.3 Å². The molecule has 2 N–H and O–H groups in total. The molecule has 0 unspecified atom stereocenters. The zero-order chi connectivity index (χ0) is 23.5. The van der Waals surface area contributed by atoms with Crippen LogP contribution in [0.3, 0.4) is 0 Å². The largest absolute Gasteiger partial charge is 0.424 e. The number of amides is 2. The highest BCUT2D eigenvalue weighted by molar-refractivity contribution is 7.18. The third kappa shape index (κ3) is 4.94. The van der Waals surface area contributed by atoms with E-state index >= 15 is 0 Å². The minimum absolute atomic E-state index is 0.107. The summed E-state index contributed by atoms with van der Waals surface area (Å²) in [4.78, 5) is 28.0. The molecule has 0 atom stereocenters. The summed E-state index contributed by atoms with van der Waals surface area (Å²) >= 11 is 1.66. The Morgan fingerprint density at radius 2 is 1.65 bits per heavy atom. The van der Waals surface area contributed by atoms with E-state index < -0.39 is 17.7 Å². The smallest absolute Gasteiger partial charge is 0.323 e. The van der Waals surface area contributed by atoms with Gasteiger partial charge in [-0.25, -0.2) is 28.5 Å². The van der Waals surface area contributed by atoms with Gasteiger partial charge in [-0.1, -0.05) is 11.3 Å². The SMILES string of the molecule is O=C(Nc1cnc(Oc2ccc(-c3cnc(N4CCC4)s3)cc2)nc1)Nc1ccc(F)c(F)c1. The molecule has 2 amide bonds. The average molecular weight is 481 g/mol. The van der Waals surface area contributed by atoms with Crippen LogP contribution in [0.1, 0.15) is 6.42 Å². The van der Waals surface area contributed by atoms with Crippen molar-refractivity contribution in [2.75, 3.05) is 28.6 Å². The number of nitrogens with one attached hydrogen (secondary N) is 2. The van der Waals surface area contributed by atoms with E-state index in [9.17, 15) is 13.6 Å². The fourth-order valence-electron chi connectivity index (χ4n) is 3.15. The highest BCUT2D eigenvalue weighted by Gasteiger charge is 2.18. The van der Waals surface area contributed by atoms with E-state index in [0.717, 1.165) is 40.8 Å². The van der Waals surface area contributed by atoms with Crippen LogP contribution in [0, 0.1) is 11.6 Å². The predicted octanol–water partition coefficient (Wildman–Crippen LogP) is 5.52. The molecule has 1 saturated heterocycles. The molecule has 1 aliphatic rings. The van der Waals surface area contributed by atoms with Crippen LogP contribution in [0.4, 0.5) is 30.1 Å². The highest BCUT2D eigenvalue weighted by Crippen LogP contribution is 2.34. The molecule has 1 aliphatic heterocycles. The zero-order valence-corrected chi connectivity index (χ0v) is 18.5. The summed E-state index contributed by atoms with van der Waals surface area (Å²) in [6, 6.07) is 10.0. The molecule has 172 valence electrons. The number of halogens is 2.